The average Bonchev–Trinajstić information content (AvgIpc) is 2.50. The Labute approximate surface area is 132 Å². The third-order valence-electron chi connectivity index (χ3n) is 4.29. The third kappa shape index (κ3) is 3.04. The zero-order valence-electron chi connectivity index (χ0n) is 14.1. The predicted octanol–water partition coefficient (Wildman–Crippen LogP) is 2.76. The highest BCUT2D eigenvalue weighted by molar-refractivity contribution is 5.99. The van der Waals surface area contributed by atoms with Crippen molar-refractivity contribution in [2.24, 2.45) is 5.92 Å². The van der Waals surface area contributed by atoms with E-state index in [9.17, 15) is 4.79 Å². The summed E-state index contributed by atoms with van der Waals surface area (Å²) in [4.78, 5) is 15.0. The monoisotopic (exact) mass is 306 g/mol. The van der Waals surface area contributed by atoms with Crippen molar-refractivity contribution < 1.29 is 14.3 Å². The molecule has 122 valence electrons. The molecule has 1 N–H and O–H groups in total. The van der Waals surface area contributed by atoms with Crippen LogP contribution in [0.2, 0.25) is 0 Å². The fourth-order valence-corrected chi connectivity index (χ4v) is 2.84. The van der Waals surface area contributed by atoms with Crippen LogP contribution in [0.5, 0.6) is 11.5 Å². The first kappa shape index (κ1) is 16.6. The van der Waals surface area contributed by atoms with Crippen LogP contribution in [0.1, 0.15) is 27.2 Å². The van der Waals surface area contributed by atoms with Gasteiger partial charge in [-0.25, -0.2) is 0 Å². The molecule has 1 heterocycles. The fourth-order valence-electron chi connectivity index (χ4n) is 2.84. The maximum atomic E-state index is 12.7. The Morgan fingerprint density at radius 1 is 1.36 bits per heavy atom. The Balaban J connectivity index is 2.15. The summed E-state index contributed by atoms with van der Waals surface area (Å²) in [6.07, 6.45) is 0.873. The molecule has 5 nitrogen and oxygen atoms in total. The van der Waals surface area contributed by atoms with Gasteiger partial charge in [0.2, 0.25) is 5.91 Å². The van der Waals surface area contributed by atoms with Gasteiger partial charge in [-0.2, -0.15) is 0 Å². The van der Waals surface area contributed by atoms with Gasteiger partial charge in [-0.05, 0) is 31.4 Å². The highest BCUT2D eigenvalue weighted by Crippen LogP contribution is 2.37. The van der Waals surface area contributed by atoms with Crippen LogP contribution in [0.3, 0.4) is 0 Å². The van der Waals surface area contributed by atoms with Crippen molar-refractivity contribution in [2.75, 3.05) is 32.6 Å². The van der Waals surface area contributed by atoms with Gasteiger partial charge in [0.15, 0.2) is 11.5 Å². The summed E-state index contributed by atoms with van der Waals surface area (Å²) in [7, 11) is 3.16. The molecule has 1 amide bonds. The number of hydrogen-bond donors (Lipinski definition) is 1. The van der Waals surface area contributed by atoms with Crippen LogP contribution < -0.4 is 14.8 Å². The van der Waals surface area contributed by atoms with Crippen molar-refractivity contribution in [1.82, 2.24) is 4.90 Å². The highest BCUT2D eigenvalue weighted by Gasteiger charge is 2.46. The molecule has 1 unspecified atom stereocenters. The molecule has 0 radical (unpaired) electrons. The minimum Gasteiger partial charge on any atom is -0.493 e. The second-order valence-electron chi connectivity index (χ2n) is 6.36. The Bertz CT molecular complexity index is 545. The first-order valence-corrected chi connectivity index (χ1v) is 7.70. The molecule has 22 heavy (non-hydrogen) atoms. The van der Waals surface area contributed by atoms with E-state index in [-0.39, 0.29) is 5.91 Å². The summed E-state index contributed by atoms with van der Waals surface area (Å²) < 4.78 is 10.6. The standard InChI is InChI=1S/C17H26N2O3/c1-12(2)11-19-10-9-17(19,3)16(20)18-13-7-6-8-14(21-4)15(13)22-5/h6-8,12H,9-11H2,1-5H3,(H,18,20). The maximum Gasteiger partial charge on any atom is 0.244 e. The van der Waals surface area contributed by atoms with Gasteiger partial charge in [0.25, 0.3) is 0 Å². The van der Waals surface area contributed by atoms with Crippen LogP contribution in [0, 0.1) is 5.92 Å². The Kier molecular flexibility index (Phi) is 4.96. The van der Waals surface area contributed by atoms with Gasteiger partial charge >= 0.3 is 0 Å². The number of rotatable bonds is 6. The normalized spacial score (nSPS) is 21.4. The number of para-hydroxylation sites is 1. The van der Waals surface area contributed by atoms with Crippen molar-refractivity contribution in [2.45, 2.75) is 32.7 Å². The van der Waals surface area contributed by atoms with Crippen LogP contribution in [0.4, 0.5) is 5.69 Å². The van der Waals surface area contributed by atoms with Gasteiger partial charge in [0.05, 0.1) is 25.4 Å². The molecule has 1 aliphatic heterocycles. The van der Waals surface area contributed by atoms with E-state index >= 15 is 0 Å². The van der Waals surface area contributed by atoms with Crippen molar-refractivity contribution in [3.63, 3.8) is 0 Å². The minimum absolute atomic E-state index is 0.00551. The number of nitrogens with zero attached hydrogens (tertiary/aromatic N) is 1. The molecule has 1 saturated heterocycles. The van der Waals surface area contributed by atoms with E-state index in [2.05, 4.69) is 24.1 Å². The number of ether oxygens (including phenoxy) is 2. The number of nitrogens with one attached hydrogen (secondary N) is 1. The van der Waals surface area contributed by atoms with E-state index in [1.54, 1.807) is 14.2 Å². The minimum atomic E-state index is -0.446. The quantitative estimate of drug-likeness (QED) is 0.878. The van der Waals surface area contributed by atoms with E-state index in [0.29, 0.717) is 23.1 Å². The molecule has 0 spiro atoms. The molecule has 5 heteroatoms. The van der Waals surface area contributed by atoms with Crippen LogP contribution >= 0.6 is 0 Å². The lowest BCUT2D eigenvalue weighted by molar-refractivity contribution is -0.136. The van der Waals surface area contributed by atoms with Crippen LogP contribution in [-0.4, -0.2) is 43.7 Å². The predicted molar refractivity (Wildman–Crippen MR) is 87.6 cm³/mol. The third-order valence-corrected chi connectivity index (χ3v) is 4.29. The molecule has 2 rings (SSSR count). The summed E-state index contributed by atoms with van der Waals surface area (Å²) >= 11 is 0. The van der Waals surface area contributed by atoms with Gasteiger partial charge in [-0.15, -0.1) is 0 Å². The molecular weight excluding hydrogens is 280 g/mol. The number of carbonyl (C=O) groups excluding carboxylic acids is 1. The zero-order valence-corrected chi connectivity index (χ0v) is 14.1. The number of methoxy groups -OCH3 is 2. The van der Waals surface area contributed by atoms with E-state index in [0.717, 1.165) is 19.5 Å². The molecule has 0 bridgehead atoms. The van der Waals surface area contributed by atoms with Gasteiger partial charge in [-0.1, -0.05) is 19.9 Å². The second-order valence-corrected chi connectivity index (χ2v) is 6.36. The van der Waals surface area contributed by atoms with E-state index < -0.39 is 5.54 Å². The molecule has 0 saturated carbocycles. The van der Waals surface area contributed by atoms with E-state index in [4.69, 9.17) is 9.47 Å². The number of carbonyl (C=O) groups is 1. The number of likely N-dealkylation sites (tertiary alicyclic amines) is 1. The smallest absolute Gasteiger partial charge is 0.244 e. The number of benzene rings is 1. The molecule has 1 aromatic carbocycles. The lowest BCUT2D eigenvalue weighted by Gasteiger charge is -2.50. The SMILES string of the molecule is COc1cccc(NC(=O)C2(C)CCN2CC(C)C)c1OC. The zero-order chi connectivity index (χ0) is 16.3. The van der Waals surface area contributed by atoms with Crippen molar-refractivity contribution in [3.05, 3.63) is 18.2 Å². The van der Waals surface area contributed by atoms with Crippen molar-refractivity contribution in [1.29, 1.82) is 0 Å². The molecule has 1 fully saturated rings. The Morgan fingerprint density at radius 2 is 2.09 bits per heavy atom. The Hall–Kier alpha value is -1.75. The van der Waals surface area contributed by atoms with Gasteiger partial charge in [-0.3, -0.25) is 9.69 Å². The number of hydrogen-bond acceptors (Lipinski definition) is 4. The van der Waals surface area contributed by atoms with Gasteiger partial charge in [0, 0.05) is 13.1 Å². The summed E-state index contributed by atoms with van der Waals surface area (Å²) in [6.45, 7) is 8.24. The Morgan fingerprint density at radius 3 is 2.59 bits per heavy atom. The van der Waals surface area contributed by atoms with E-state index in [1.165, 1.54) is 0 Å². The molecule has 1 aliphatic rings. The molecular formula is C17H26N2O3. The fraction of sp³-hybridized carbons (Fsp3) is 0.588. The second kappa shape index (κ2) is 6.57. The van der Waals surface area contributed by atoms with Crippen molar-refractivity contribution >= 4 is 11.6 Å². The first-order valence-electron chi connectivity index (χ1n) is 7.70. The maximum absolute atomic E-state index is 12.7. The lowest BCUT2D eigenvalue weighted by Crippen LogP contribution is -2.64. The van der Waals surface area contributed by atoms with Crippen LogP contribution in [0.15, 0.2) is 18.2 Å². The van der Waals surface area contributed by atoms with Gasteiger partial charge in [0.1, 0.15) is 0 Å². The van der Waals surface area contributed by atoms with Gasteiger partial charge < -0.3 is 14.8 Å². The topological polar surface area (TPSA) is 50.8 Å². The summed E-state index contributed by atoms with van der Waals surface area (Å²) in [5.74, 6) is 1.71. The summed E-state index contributed by atoms with van der Waals surface area (Å²) in [5, 5.41) is 3.00. The average molecular weight is 306 g/mol. The lowest BCUT2D eigenvalue weighted by atomic mass is 9.84. The summed E-state index contributed by atoms with van der Waals surface area (Å²) in [5.41, 5.74) is 0.197. The molecule has 1 aromatic rings. The molecule has 0 aromatic heterocycles. The first-order chi connectivity index (χ1) is 10.4. The molecule has 1 atom stereocenters. The van der Waals surface area contributed by atoms with Crippen LogP contribution in [0.25, 0.3) is 0 Å². The number of anilines is 1. The summed E-state index contributed by atoms with van der Waals surface area (Å²) in [6, 6.07) is 5.48. The van der Waals surface area contributed by atoms with E-state index in [1.807, 2.05) is 25.1 Å². The number of amides is 1. The molecule has 0 aliphatic carbocycles. The largest absolute Gasteiger partial charge is 0.493 e. The van der Waals surface area contributed by atoms with Crippen LogP contribution in [-0.2, 0) is 4.79 Å². The van der Waals surface area contributed by atoms with Crippen molar-refractivity contribution in [3.8, 4) is 11.5 Å². The highest BCUT2D eigenvalue weighted by atomic mass is 16.5.